The second kappa shape index (κ2) is 9.02. The molecule has 4 rings (SSSR count). The Morgan fingerprint density at radius 2 is 2.03 bits per heavy atom. The molecule has 162 valence electrons. The van der Waals surface area contributed by atoms with Crippen LogP contribution in [-0.2, 0) is 0 Å². The minimum atomic E-state index is -2.48. The summed E-state index contributed by atoms with van der Waals surface area (Å²) in [5, 5.41) is 0. The van der Waals surface area contributed by atoms with Crippen LogP contribution in [-0.4, -0.2) is 33.8 Å². The predicted octanol–water partition coefficient (Wildman–Crippen LogP) is 5.86. The molecule has 0 amide bonds. The first-order valence-corrected chi connectivity index (χ1v) is 10.9. The summed E-state index contributed by atoms with van der Waals surface area (Å²) in [6.45, 7) is 9.41. The van der Waals surface area contributed by atoms with Crippen LogP contribution in [0, 0.1) is 11.8 Å². The molecule has 30 heavy (non-hydrogen) atoms. The number of nitrogens with zero attached hydrogens (tertiary/aromatic N) is 2. The van der Waals surface area contributed by atoms with Crippen molar-refractivity contribution in [1.29, 1.82) is 0 Å². The maximum Gasteiger partial charge on any atom is 0.252 e. The number of aromatic nitrogens is 2. The third-order valence-electron chi connectivity index (χ3n) is 6.05. The SMILES string of the molecule is C=Cc1ccc(-c2cccnc2OC)cn1.CC1NSC2(C)CC(F)(F)C(C)CC12. The van der Waals surface area contributed by atoms with E-state index in [1.165, 1.54) is 11.9 Å². The summed E-state index contributed by atoms with van der Waals surface area (Å²) in [6, 6.07) is 8.08. The summed E-state index contributed by atoms with van der Waals surface area (Å²) >= 11 is 1.51. The van der Waals surface area contributed by atoms with Gasteiger partial charge in [0.15, 0.2) is 0 Å². The minimum absolute atomic E-state index is 0.0217. The number of halogens is 2. The predicted molar refractivity (Wildman–Crippen MR) is 120 cm³/mol. The first kappa shape index (κ1) is 22.7. The average molecular weight is 434 g/mol. The fourth-order valence-electron chi connectivity index (χ4n) is 4.19. The van der Waals surface area contributed by atoms with Gasteiger partial charge in [0.05, 0.1) is 12.8 Å². The van der Waals surface area contributed by atoms with Gasteiger partial charge >= 0.3 is 0 Å². The average Bonchev–Trinajstić information content (AvgIpc) is 3.02. The van der Waals surface area contributed by atoms with Gasteiger partial charge in [-0.15, -0.1) is 0 Å². The number of hydrogen-bond acceptors (Lipinski definition) is 5. The lowest BCUT2D eigenvalue weighted by Gasteiger charge is -2.43. The van der Waals surface area contributed by atoms with E-state index in [1.54, 1.807) is 32.5 Å². The number of nitrogens with one attached hydrogen (secondary N) is 1. The van der Waals surface area contributed by atoms with Crippen LogP contribution in [0.1, 0.15) is 39.3 Å². The molecule has 4 atom stereocenters. The maximum atomic E-state index is 13.6. The van der Waals surface area contributed by atoms with E-state index in [2.05, 4.69) is 28.2 Å². The van der Waals surface area contributed by atoms with Gasteiger partial charge < -0.3 is 4.74 Å². The van der Waals surface area contributed by atoms with E-state index >= 15 is 0 Å². The second-order valence-electron chi connectivity index (χ2n) is 8.24. The number of pyridine rings is 2. The van der Waals surface area contributed by atoms with Crippen molar-refractivity contribution in [2.75, 3.05) is 7.11 Å². The third-order valence-corrected chi connectivity index (χ3v) is 7.46. The van der Waals surface area contributed by atoms with Crippen LogP contribution in [0.25, 0.3) is 17.2 Å². The van der Waals surface area contributed by atoms with E-state index in [0.29, 0.717) is 24.3 Å². The number of hydrogen-bond donors (Lipinski definition) is 1. The molecule has 0 aromatic carbocycles. The molecule has 1 aliphatic carbocycles. The van der Waals surface area contributed by atoms with Gasteiger partial charge in [-0.05, 0) is 50.5 Å². The van der Waals surface area contributed by atoms with Gasteiger partial charge in [-0.2, -0.15) is 0 Å². The van der Waals surface area contributed by atoms with Crippen LogP contribution in [0.5, 0.6) is 5.88 Å². The number of ether oxygens (including phenoxy) is 1. The highest BCUT2D eigenvalue weighted by Crippen LogP contribution is 2.55. The fraction of sp³-hybridized carbons (Fsp3) is 0.478. The molecule has 1 saturated carbocycles. The highest BCUT2D eigenvalue weighted by atomic mass is 32.2. The lowest BCUT2D eigenvalue weighted by Crippen LogP contribution is -2.47. The van der Waals surface area contributed by atoms with E-state index < -0.39 is 11.8 Å². The van der Waals surface area contributed by atoms with Gasteiger partial charge in [0.2, 0.25) is 5.88 Å². The molecule has 1 aliphatic heterocycles. The summed E-state index contributed by atoms with van der Waals surface area (Å²) in [5.74, 6) is -1.95. The molecule has 2 fully saturated rings. The van der Waals surface area contributed by atoms with Crippen LogP contribution in [0.15, 0.2) is 43.2 Å². The van der Waals surface area contributed by atoms with Crippen molar-refractivity contribution in [3.05, 3.63) is 48.9 Å². The summed E-state index contributed by atoms with van der Waals surface area (Å²) in [4.78, 5) is 8.39. The lowest BCUT2D eigenvalue weighted by molar-refractivity contribution is -0.101. The largest absolute Gasteiger partial charge is 0.481 e. The van der Waals surface area contributed by atoms with Crippen molar-refractivity contribution in [2.24, 2.45) is 11.8 Å². The Balaban J connectivity index is 0.000000172. The van der Waals surface area contributed by atoms with Gasteiger partial charge in [-0.3, -0.25) is 9.71 Å². The molecule has 3 heterocycles. The Morgan fingerprint density at radius 1 is 1.27 bits per heavy atom. The Hall–Kier alpha value is -1.99. The van der Waals surface area contributed by atoms with Crippen molar-refractivity contribution < 1.29 is 13.5 Å². The molecule has 2 aromatic heterocycles. The summed E-state index contributed by atoms with van der Waals surface area (Å²) in [7, 11) is 1.61. The monoisotopic (exact) mass is 433 g/mol. The van der Waals surface area contributed by atoms with Crippen LogP contribution >= 0.6 is 11.9 Å². The molecule has 1 saturated heterocycles. The smallest absolute Gasteiger partial charge is 0.252 e. The fourth-order valence-corrected chi connectivity index (χ4v) is 5.52. The van der Waals surface area contributed by atoms with Crippen LogP contribution in [0.3, 0.4) is 0 Å². The van der Waals surface area contributed by atoms with Gasteiger partial charge in [0, 0.05) is 46.6 Å². The Kier molecular flexibility index (Phi) is 6.82. The second-order valence-corrected chi connectivity index (χ2v) is 9.61. The molecular weight excluding hydrogens is 404 g/mol. The summed E-state index contributed by atoms with van der Waals surface area (Å²) in [5.41, 5.74) is 2.77. The molecule has 0 bridgehead atoms. The van der Waals surface area contributed by atoms with Crippen molar-refractivity contribution in [2.45, 2.75) is 50.3 Å². The Morgan fingerprint density at radius 3 is 2.67 bits per heavy atom. The third kappa shape index (κ3) is 4.67. The highest BCUT2D eigenvalue weighted by Gasteiger charge is 2.57. The van der Waals surface area contributed by atoms with Gasteiger partial charge in [0.25, 0.3) is 5.92 Å². The van der Waals surface area contributed by atoms with Crippen molar-refractivity contribution in [1.82, 2.24) is 14.7 Å². The normalized spacial score (nSPS) is 29.3. The maximum absolute atomic E-state index is 13.6. The molecular formula is C23H29F2N3OS. The zero-order valence-electron chi connectivity index (χ0n) is 17.9. The lowest BCUT2D eigenvalue weighted by atomic mass is 9.70. The molecule has 4 nitrogen and oxygen atoms in total. The van der Waals surface area contributed by atoms with E-state index in [4.69, 9.17) is 4.74 Å². The molecule has 1 N–H and O–H groups in total. The van der Waals surface area contributed by atoms with E-state index in [0.717, 1.165) is 16.8 Å². The molecule has 4 unspecified atom stereocenters. The van der Waals surface area contributed by atoms with Crippen molar-refractivity contribution >= 4 is 18.0 Å². The van der Waals surface area contributed by atoms with Gasteiger partial charge in [-0.25, -0.2) is 13.8 Å². The highest BCUT2D eigenvalue weighted by molar-refractivity contribution is 7.99. The summed E-state index contributed by atoms with van der Waals surface area (Å²) in [6.07, 6.45) is 5.87. The van der Waals surface area contributed by atoms with Crippen molar-refractivity contribution in [3.8, 4) is 17.0 Å². The zero-order chi connectivity index (χ0) is 21.9. The molecule has 2 aliphatic rings. The standard InChI is InChI=1S/C13H12N2O.C10H17F2NS/c1-3-11-7-6-10(9-15-11)12-5-4-8-14-13(12)16-2;1-6-4-8-7(2)13-14-9(8,3)5-10(6,11)12/h3-9H,1H2,2H3;6-8,13H,4-5H2,1-3H3. The quantitative estimate of drug-likeness (QED) is 0.614. The minimum Gasteiger partial charge on any atom is -0.481 e. The molecule has 0 radical (unpaired) electrons. The number of rotatable bonds is 3. The number of alkyl halides is 2. The molecule has 0 spiro atoms. The van der Waals surface area contributed by atoms with Gasteiger partial charge in [-0.1, -0.05) is 31.5 Å². The topological polar surface area (TPSA) is 47.0 Å². The summed E-state index contributed by atoms with van der Waals surface area (Å²) < 4.78 is 35.3. The number of fused-ring (bicyclic) bond motifs is 1. The number of methoxy groups -OCH3 is 1. The first-order chi connectivity index (χ1) is 14.2. The van der Waals surface area contributed by atoms with E-state index in [-0.39, 0.29) is 11.2 Å². The van der Waals surface area contributed by atoms with Crippen LogP contribution in [0.4, 0.5) is 8.78 Å². The zero-order valence-corrected chi connectivity index (χ0v) is 18.7. The van der Waals surface area contributed by atoms with Crippen molar-refractivity contribution in [3.63, 3.8) is 0 Å². The van der Waals surface area contributed by atoms with E-state index in [9.17, 15) is 8.78 Å². The molecule has 2 aromatic rings. The van der Waals surface area contributed by atoms with Crippen LogP contribution < -0.4 is 9.46 Å². The Bertz CT molecular complexity index is 877. The molecule has 7 heteroatoms. The van der Waals surface area contributed by atoms with E-state index in [1.807, 2.05) is 31.2 Å². The van der Waals surface area contributed by atoms with Crippen LogP contribution in [0.2, 0.25) is 0 Å². The van der Waals surface area contributed by atoms with Gasteiger partial charge in [0.1, 0.15) is 0 Å². The first-order valence-electron chi connectivity index (χ1n) is 10.1. The Labute approximate surface area is 181 Å².